The van der Waals surface area contributed by atoms with E-state index in [1.165, 1.54) is 4.31 Å². The van der Waals surface area contributed by atoms with E-state index in [4.69, 9.17) is 0 Å². The Morgan fingerprint density at radius 1 is 1.28 bits per heavy atom. The Hall–Kier alpha value is -0.910. The largest absolute Gasteiger partial charge is 0.310 e. The summed E-state index contributed by atoms with van der Waals surface area (Å²) in [4.78, 5) is 0.385. The van der Waals surface area contributed by atoms with Gasteiger partial charge in [-0.1, -0.05) is 26.0 Å². The van der Waals surface area contributed by atoms with Crippen molar-refractivity contribution in [2.24, 2.45) is 0 Å². The molecule has 1 aromatic carbocycles. The zero-order chi connectivity index (χ0) is 13.9. The molecular formula is C13H22N2O2S. The highest BCUT2D eigenvalue weighted by Crippen LogP contribution is 2.19. The first-order chi connectivity index (χ1) is 8.25. The molecule has 0 saturated carbocycles. The van der Waals surface area contributed by atoms with Crippen molar-refractivity contribution >= 4 is 10.0 Å². The Morgan fingerprint density at radius 2 is 1.89 bits per heavy atom. The average Bonchev–Trinajstić information content (AvgIpc) is 2.27. The molecule has 1 rings (SSSR count). The van der Waals surface area contributed by atoms with Gasteiger partial charge in [0.25, 0.3) is 0 Å². The monoisotopic (exact) mass is 270 g/mol. The maximum atomic E-state index is 12.1. The zero-order valence-corrected chi connectivity index (χ0v) is 12.5. The van der Waals surface area contributed by atoms with Gasteiger partial charge < -0.3 is 5.32 Å². The number of rotatable bonds is 5. The van der Waals surface area contributed by atoms with Gasteiger partial charge in [-0.3, -0.25) is 0 Å². The van der Waals surface area contributed by atoms with Gasteiger partial charge in [-0.05, 0) is 24.1 Å². The van der Waals surface area contributed by atoms with Crippen molar-refractivity contribution < 1.29 is 8.42 Å². The summed E-state index contributed by atoms with van der Waals surface area (Å²) in [5, 5.41) is 3.28. The molecule has 5 heteroatoms. The molecule has 0 spiro atoms. The Morgan fingerprint density at radius 3 is 2.39 bits per heavy atom. The van der Waals surface area contributed by atoms with Crippen molar-refractivity contribution in [3.63, 3.8) is 0 Å². The fraction of sp³-hybridized carbons (Fsp3) is 0.538. The summed E-state index contributed by atoms with van der Waals surface area (Å²) in [5.74, 6) is 0. The molecule has 0 aliphatic carbocycles. The molecule has 4 nitrogen and oxygen atoms in total. The molecule has 0 aliphatic rings. The topological polar surface area (TPSA) is 49.4 Å². The van der Waals surface area contributed by atoms with Crippen LogP contribution in [0.3, 0.4) is 0 Å². The fourth-order valence-electron chi connectivity index (χ4n) is 1.55. The molecule has 18 heavy (non-hydrogen) atoms. The summed E-state index contributed by atoms with van der Waals surface area (Å²) >= 11 is 0. The van der Waals surface area contributed by atoms with E-state index in [9.17, 15) is 8.42 Å². The smallest absolute Gasteiger partial charge is 0.242 e. The second kappa shape index (κ2) is 5.82. The van der Waals surface area contributed by atoms with Gasteiger partial charge >= 0.3 is 0 Å². The van der Waals surface area contributed by atoms with E-state index in [0.29, 0.717) is 17.5 Å². The van der Waals surface area contributed by atoms with Crippen LogP contribution in [0.2, 0.25) is 0 Å². The van der Waals surface area contributed by atoms with Gasteiger partial charge in [-0.2, -0.15) is 0 Å². The molecule has 0 amide bonds. The van der Waals surface area contributed by atoms with Crippen LogP contribution in [0.25, 0.3) is 0 Å². The van der Waals surface area contributed by atoms with E-state index >= 15 is 0 Å². The predicted molar refractivity (Wildman–Crippen MR) is 74.0 cm³/mol. The Kier molecular flexibility index (Phi) is 4.90. The first-order valence-electron chi connectivity index (χ1n) is 6.00. The number of benzene rings is 1. The molecule has 1 N–H and O–H groups in total. The lowest BCUT2D eigenvalue weighted by Crippen LogP contribution is -2.24. The van der Waals surface area contributed by atoms with Gasteiger partial charge in [-0.15, -0.1) is 0 Å². The first kappa shape index (κ1) is 15.1. The molecule has 0 aliphatic heterocycles. The molecule has 0 saturated heterocycles. The van der Waals surface area contributed by atoms with Crippen molar-refractivity contribution in [3.05, 3.63) is 29.3 Å². The maximum Gasteiger partial charge on any atom is 0.242 e. The Bertz CT molecular complexity index is 508. The molecule has 0 bridgehead atoms. The van der Waals surface area contributed by atoms with E-state index in [-0.39, 0.29) is 0 Å². The minimum absolute atomic E-state index is 0.375. The van der Waals surface area contributed by atoms with E-state index in [1.54, 1.807) is 20.2 Å². The molecule has 0 radical (unpaired) electrons. The molecule has 0 atom stereocenters. The van der Waals surface area contributed by atoms with Gasteiger partial charge in [0.2, 0.25) is 10.0 Å². The van der Waals surface area contributed by atoms with Crippen molar-refractivity contribution in [3.8, 4) is 0 Å². The number of sulfonamides is 1. The molecule has 1 aromatic rings. The summed E-state index contributed by atoms with van der Waals surface area (Å²) in [6.07, 6.45) is 0. The first-order valence-corrected chi connectivity index (χ1v) is 7.44. The van der Waals surface area contributed by atoms with Gasteiger partial charge in [-0.25, -0.2) is 12.7 Å². The van der Waals surface area contributed by atoms with Crippen molar-refractivity contribution in [2.45, 2.75) is 38.3 Å². The zero-order valence-electron chi connectivity index (χ0n) is 11.7. The van der Waals surface area contributed by atoms with Gasteiger partial charge in [0, 0.05) is 26.7 Å². The predicted octanol–water partition coefficient (Wildman–Crippen LogP) is 1.74. The molecule has 0 heterocycles. The van der Waals surface area contributed by atoms with Gasteiger partial charge in [0.15, 0.2) is 0 Å². The summed E-state index contributed by atoms with van der Waals surface area (Å²) in [5.41, 5.74) is 1.76. The lowest BCUT2D eigenvalue weighted by molar-refractivity contribution is 0.519. The Balaban J connectivity index is 3.10. The summed E-state index contributed by atoms with van der Waals surface area (Å²) < 4.78 is 25.5. The maximum absolute atomic E-state index is 12.1. The van der Waals surface area contributed by atoms with E-state index < -0.39 is 10.0 Å². The molecular weight excluding hydrogens is 248 g/mol. The third-order valence-corrected chi connectivity index (χ3v) is 4.68. The van der Waals surface area contributed by atoms with Crippen LogP contribution in [0, 0.1) is 6.92 Å². The van der Waals surface area contributed by atoms with Crippen LogP contribution in [-0.4, -0.2) is 32.9 Å². The second-order valence-electron chi connectivity index (χ2n) is 4.92. The number of aryl methyl sites for hydroxylation is 1. The number of nitrogens with one attached hydrogen (secondary N) is 1. The Labute approximate surface area is 110 Å². The number of hydrogen-bond donors (Lipinski definition) is 1. The van der Waals surface area contributed by atoms with E-state index in [0.717, 1.165) is 11.1 Å². The normalized spacial score (nSPS) is 12.4. The summed E-state index contributed by atoms with van der Waals surface area (Å²) in [6, 6.07) is 5.94. The van der Waals surface area contributed by atoms with Crippen LogP contribution in [-0.2, 0) is 16.6 Å². The number of hydrogen-bond acceptors (Lipinski definition) is 3. The highest BCUT2D eigenvalue weighted by atomic mass is 32.2. The summed E-state index contributed by atoms with van der Waals surface area (Å²) in [6.45, 7) is 6.61. The van der Waals surface area contributed by atoms with Crippen LogP contribution in [0.15, 0.2) is 23.1 Å². The molecule has 0 fully saturated rings. The minimum atomic E-state index is -3.36. The van der Waals surface area contributed by atoms with Crippen molar-refractivity contribution in [2.75, 3.05) is 14.1 Å². The molecule has 0 unspecified atom stereocenters. The SMILES string of the molecule is Cc1ccc(CNC(C)C)cc1S(=O)(=O)N(C)C. The van der Waals surface area contributed by atoms with Crippen molar-refractivity contribution in [1.82, 2.24) is 9.62 Å². The van der Waals surface area contributed by atoms with E-state index in [2.05, 4.69) is 19.2 Å². The third kappa shape index (κ3) is 3.54. The lowest BCUT2D eigenvalue weighted by Gasteiger charge is -2.15. The van der Waals surface area contributed by atoms with E-state index in [1.807, 2.05) is 19.1 Å². The fourth-order valence-corrected chi connectivity index (χ4v) is 2.72. The standard InChI is InChI=1S/C13H22N2O2S/c1-10(2)14-9-12-7-6-11(3)13(8-12)18(16,17)15(4)5/h6-8,10,14H,9H2,1-5H3. The molecule has 102 valence electrons. The van der Waals surface area contributed by atoms with Crippen LogP contribution < -0.4 is 5.32 Å². The quantitative estimate of drug-likeness (QED) is 0.886. The van der Waals surface area contributed by atoms with Gasteiger partial charge in [0.1, 0.15) is 0 Å². The summed E-state index contributed by atoms with van der Waals surface area (Å²) in [7, 11) is -0.264. The highest BCUT2D eigenvalue weighted by Gasteiger charge is 2.19. The highest BCUT2D eigenvalue weighted by molar-refractivity contribution is 7.89. The van der Waals surface area contributed by atoms with Crippen LogP contribution in [0.4, 0.5) is 0 Å². The third-order valence-electron chi connectivity index (χ3n) is 2.73. The average molecular weight is 270 g/mol. The number of nitrogens with zero attached hydrogens (tertiary/aromatic N) is 1. The van der Waals surface area contributed by atoms with Crippen LogP contribution in [0.5, 0.6) is 0 Å². The van der Waals surface area contributed by atoms with Crippen molar-refractivity contribution in [1.29, 1.82) is 0 Å². The minimum Gasteiger partial charge on any atom is -0.310 e. The molecule has 0 aromatic heterocycles. The van der Waals surface area contributed by atoms with Crippen LogP contribution >= 0.6 is 0 Å². The van der Waals surface area contributed by atoms with Crippen LogP contribution in [0.1, 0.15) is 25.0 Å². The van der Waals surface area contributed by atoms with Gasteiger partial charge in [0.05, 0.1) is 4.90 Å². The second-order valence-corrected chi connectivity index (χ2v) is 7.04. The lowest BCUT2D eigenvalue weighted by atomic mass is 10.1.